The highest BCUT2D eigenvalue weighted by atomic mass is 19.1. The molecule has 98 valence electrons. The molecule has 3 N–H and O–H groups in total. The number of nitrogens with one attached hydrogen (secondary N) is 1. The summed E-state index contributed by atoms with van der Waals surface area (Å²) in [5.74, 6) is -0.274. The second-order valence-corrected chi connectivity index (χ2v) is 5.07. The van der Waals surface area contributed by atoms with Crippen LogP contribution in [0.25, 0.3) is 0 Å². The van der Waals surface area contributed by atoms with Crippen molar-refractivity contribution in [3.05, 3.63) is 35.6 Å². The maximum absolute atomic E-state index is 13.3. The summed E-state index contributed by atoms with van der Waals surface area (Å²) >= 11 is 0. The van der Waals surface area contributed by atoms with Crippen LogP contribution in [0.1, 0.15) is 24.8 Å². The number of aryl methyl sites for hydroxylation is 1. The molecule has 0 heterocycles. The molecule has 0 bridgehead atoms. The lowest BCUT2D eigenvalue weighted by atomic mass is 10.1. The lowest BCUT2D eigenvalue weighted by molar-refractivity contribution is -0.121. The van der Waals surface area contributed by atoms with E-state index in [1.54, 1.807) is 18.2 Å². The lowest BCUT2D eigenvalue weighted by Gasteiger charge is -2.13. The fraction of sp³-hybridized carbons (Fsp3) is 0.500. The van der Waals surface area contributed by atoms with Crippen LogP contribution in [0.2, 0.25) is 0 Å². The first-order valence-corrected chi connectivity index (χ1v) is 6.35. The Bertz CT molecular complexity index is 430. The van der Waals surface area contributed by atoms with Crippen LogP contribution in [0, 0.1) is 11.2 Å². The summed E-state index contributed by atoms with van der Waals surface area (Å²) in [6.07, 6.45) is 2.95. The zero-order chi connectivity index (χ0) is 13.0. The first-order chi connectivity index (χ1) is 8.65. The molecular weight excluding hydrogens is 231 g/mol. The van der Waals surface area contributed by atoms with Crippen LogP contribution < -0.4 is 11.1 Å². The van der Waals surface area contributed by atoms with Gasteiger partial charge in [0.25, 0.3) is 0 Å². The van der Waals surface area contributed by atoms with Crippen molar-refractivity contribution in [2.24, 2.45) is 11.1 Å². The van der Waals surface area contributed by atoms with Gasteiger partial charge in [-0.25, -0.2) is 4.39 Å². The van der Waals surface area contributed by atoms with E-state index < -0.39 is 0 Å². The van der Waals surface area contributed by atoms with Gasteiger partial charge in [-0.3, -0.25) is 4.79 Å². The van der Waals surface area contributed by atoms with Crippen LogP contribution in [0.15, 0.2) is 24.3 Å². The monoisotopic (exact) mass is 250 g/mol. The van der Waals surface area contributed by atoms with Gasteiger partial charge in [0.05, 0.1) is 0 Å². The van der Waals surface area contributed by atoms with Crippen molar-refractivity contribution in [1.82, 2.24) is 5.32 Å². The van der Waals surface area contributed by atoms with Gasteiger partial charge < -0.3 is 11.1 Å². The second kappa shape index (κ2) is 5.48. The maximum atomic E-state index is 13.3. The molecule has 1 aliphatic carbocycles. The first kappa shape index (κ1) is 13.0. The zero-order valence-corrected chi connectivity index (χ0v) is 10.4. The standard InChI is InChI=1S/C14H19FN2O/c15-12-4-2-1-3-11(12)5-6-13(18)17-10-14(9-16)7-8-14/h1-4H,5-10,16H2,(H,17,18). The van der Waals surface area contributed by atoms with Gasteiger partial charge in [-0.1, -0.05) is 18.2 Å². The van der Waals surface area contributed by atoms with Gasteiger partial charge in [0, 0.05) is 13.0 Å². The molecule has 0 aromatic heterocycles. The normalized spacial score (nSPS) is 16.3. The highest BCUT2D eigenvalue weighted by molar-refractivity contribution is 5.76. The SMILES string of the molecule is NCC1(CNC(=O)CCc2ccccc2F)CC1. The second-order valence-electron chi connectivity index (χ2n) is 5.07. The Labute approximate surface area is 107 Å². The summed E-state index contributed by atoms with van der Waals surface area (Å²) in [5.41, 5.74) is 6.38. The fourth-order valence-electron chi connectivity index (χ4n) is 1.95. The first-order valence-electron chi connectivity index (χ1n) is 6.35. The summed E-state index contributed by atoms with van der Waals surface area (Å²) in [6, 6.07) is 6.56. The fourth-order valence-corrected chi connectivity index (χ4v) is 1.95. The molecule has 0 spiro atoms. The van der Waals surface area contributed by atoms with Crippen molar-refractivity contribution in [3.63, 3.8) is 0 Å². The van der Waals surface area contributed by atoms with Crippen LogP contribution in [-0.4, -0.2) is 19.0 Å². The number of halogens is 1. The average Bonchev–Trinajstić information content (AvgIpc) is 3.16. The van der Waals surface area contributed by atoms with Gasteiger partial charge in [0.15, 0.2) is 0 Å². The van der Waals surface area contributed by atoms with Crippen LogP contribution in [0.4, 0.5) is 4.39 Å². The molecule has 0 unspecified atom stereocenters. The van der Waals surface area contributed by atoms with Crippen LogP contribution in [0.5, 0.6) is 0 Å². The Balaban J connectivity index is 1.74. The van der Waals surface area contributed by atoms with E-state index in [0.29, 0.717) is 31.5 Å². The van der Waals surface area contributed by atoms with E-state index >= 15 is 0 Å². The quantitative estimate of drug-likeness (QED) is 0.806. The number of amides is 1. The Kier molecular flexibility index (Phi) is 3.97. The van der Waals surface area contributed by atoms with Gasteiger partial charge in [-0.15, -0.1) is 0 Å². The predicted octanol–water partition coefficient (Wildman–Crippen LogP) is 1.61. The van der Waals surface area contributed by atoms with E-state index in [4.69, 9.17) is 5.73 Å². The van der Waals surface area contributed by atoms with Gasteiger partial charge >= 0.3 is 0 Å². The third-order valence-electron chi connectivity index (χ3n) is 3.63. The number of hydrogen-bond donors (Lipinski definition) is 2. The molecule has 1 aromatic rings. The van der Waals surface area contributed by atoms with Gasteiger partial charge in [0.2, 0.25) is 5.91 Å². The van der Waals surface area contributed by atoms with Crippen molar-refractivity contribution in [2.75, 3.05) is 13.1 Å². The molecule has 1 saturated carbocycles. The molecule has 2 rings (SSSR count). The Morgan fingerprint density at radius 2 is 2.11 bits per heavy atom. The Morgan fingerprint density at radius 1 is 1.39 bits per heavy atom. The van der Waals surface area contributed by atoms with E-state index in [-0.39, 0.29) is 17.1 Å². The van der Waals surface area contributed by atoms with E-state index in [1.807, 2.05) is 0 Å². The lowest BCUT2D eigenvalue weighted by Crippen LogP contribution is -2.34. The van der Waals surface area contributed by atoms with Crippen LogP contribution in [-0.2, 0) is 11.2 Å². The number of carbonyl (C=O) groups is 1. The molecule has 0 aliphatic heterocycles. The minimum Gasteiger partial charge on any atom is -0.355 e. The summed E-state index contributed by atoms with van der Waals surface area (Å²) in [4.78, 5) is 11.6. The average molecular weight is 250 g/mol. The number of rotatable bonds is 6. The largest absolute Gasteiger partial charge is 0.355 e. The summed E-state index contributed by atoms with van der Waals surface area (Å²) in [6.45, 7) is 1.28. The van der Waals surface area contributed by atoms with Gasteiger partial charge in [-0.05, 0) is 42.9 Å². The molecule has 1 aliphatic rings. The van der Waals surface area contributed by atoms with E-state index in [0.717, 1.165) is 12.8 Å². The molecule has 4 heteroatoms. The van der Waals surface area contributed by atoms with Crippen molar-refractivity contribution in [3.8, 4) is 0 Å². The molecule has 1 fully saturated rings. The van der Waals surface area contributed by atoms with Crippen molar-refractivity contribution >= 4 is 5.91 Å². The van der Waals surface area contributed by atoms with Crippen molar-refractivity contribution in [1.29, 1.82) is 0 Å². The summed E-state index contributed by atoms with van der Waals surface area (Å²) in [5, 5.41) is 2.88. The molecule has 1 aromatic carbocycles. The molecule has 18 heavy (non-hydrogen) atoms. The number of carbonyl (C=O) groups excluding carboxylic acids is 1. The third kappa shape index (κ3) is 3.29. The minimum absolute atomic E-state index is 0.0296. The summed E-state index contributed by atoms with van der Waals surface area (Å²) in [7, 11) is 0. The molecule has 0 atom stereocenters. The maximum Gasteiger partial charge on any atom is 0.220 e. The molecule has 3 nitrogen and oxygen atoms in total. The number of hydrogen-bond acceptors (Lipinski definition) is 2. The third-order valence-corrected chi connectivity index (χ3v) is 3.63. The molecule has 0 radical (unpaired) electrons. The number of nitrogens with two attached hydrogens (primary N) is 1. The van der Waals surface area contributed by atoms with Crippen molar-refractivity contribution in [2.45, 2.75) is 25.7 Å². The smallest absolute Gasteiger partial charge is 0.220 e. The van der Waals surface area contributed by atoms with Crippen LogP contribution >= 0.6 is 0 Å². The van der Waals surface area contributed by atoms with Crippen LogP contribution in [0.3, 0.4) is 0 Å². The Morgan fingerprint density at radius 3 is 2.72 bits per heavy atom. The van der Waals surface area contributed by atoms with Crippen molar-refractivity contribution < 1.29 is 9.18 Å². The minimum atomic E-state index is -0.245. The highest BCUT2D eigenvalue weighted by Crippen LogP contribution is 2.43. The Hall–Kier alpha value is -1.42. The van der Waals surface area contributed by atoms with E-state index in [1.165, 1.54) is 6.07 Å². The molecule has 1 amide bonds. The molecule has 0 saturated heterocycles. The zero-order valence-electron chi connectivity index (χ0n) is 10.4. The van der Waals surface area contributed by atoms with Gasteiger partial charge in [0.1, 0.15) is 5.82 Å². The topological polar surface area (TPSA) is 55.1 Å². The van der Waals surface area contributed by atoms with E-state index in [9.17, 15) is 9.18 Å². The predicted molar refractivity (Wildman–Crippen MR) is 68.5 cm³/mol. The summed E-state index contributed by atoms with van der Waals surface area (Å²) < 4.78 is 13.3. The highest BCUT2D eigenvalue weighted by Gasteiger charge is 2.41. The number of benzene rings is 1. The van der Waals surface area contributed by atoms with Gasteiger partial charge in [-0.2, -0.15) is 0 Å². The molecular formula is C14H19FN2O. The van der Waals surface area contributed by atoms with E-state index in [2.05, 4.69) is 5.32 Å².